The summed E-state index contributed by atoms with van der Waals surface area (Å²) in [7, 11) is 1.60. The standard InChI is InChI=1S/C25H33BrN2O4/c1-7-27-24(30)17(2)28(15-18-8-11-20(31-6)12-9-18)23(29)16-32-22-13-10-19(14-21(22)26)25(3,4)5/h8-14,17H,7,15-16H2,1-6H3,(H,27,30)/t17-/m0/s1. The Morgan fingerprint density at radius 1 is 1.12 bits per heavy atom. The van der Waals surface area contributed by atoms with E-state index in [4.69, 9.17) is 9.47 Å². The van der Waals surface area contributed by atoms with Crippen LogP contribution in [0.15, 0.2) is 46.9 Å². The normalized spacial score (nSPS) is 12.1. The molecule has 0 spiro atoms. The Kier molecular flexibility index (Phi) is 9.13. The van der Waals surface area contributed by atoms with Crippen LogP contribution in [0.25, 0.3) is 0 Å². The van der Waals surface area contributed by atoms with Crippen LogP contribution in [0.4, 0.5) is 0 Å². The lowest BCUT2D eigenvalue weighted by Crippen LogP contribution is -2.49. The maximum atomic E-state index is 13.1. The first-order valence-electron chi connectivity index (χ1n) is 10.7. The van der Waals surface area contributed by atoms with Crippen molar-refractivity contribution in [2.75, 3.05) is 20.3 Å². The van der Waals surface area contributed by atoms with Gasteiger partial charge in [-0.15, -0.1) is 0 Å². The number of nitrogens with zero attached hydrogens (tertiary/aromatic N) is 1. The SMILES string of the molecule is CCNC(=O)[C@H](C)N(Cc1ccc(OC)cc1)C(=O)COc1ccc(C(C)(C)C)cc1Br. The van der Waals surface area contributed by atoms with Gasteiger partial charge in [0.25, 0.3) is 5.91 Å². The summed E-state index contributed by atoms with van der Waals surface area (Å²) < 4.78 is 11.8. The average molecular weight is 505 g/mol. The highest BCUT2D eigenvalue weighted by molar-refractivity contribution is 9.10. The zero-order valence-corrected chi connectivity index (χ0v) is 21.3. The van der Waals surface area contributed by atoms with Crippen LogP contribution in [-0.4, -0.2) is 43.0 Å². The molecule has 0 bridgehead atoms. The zero-order valence-electron chi connectivity index (χ0n) is 19.7. The van der Waals surface area contributed by atoms with Gasteiger partial charge in [0.15, 0.2) is 6.61 Å². The van der Waals surface area contributed by atoms with E-state index in [1.54, 1.807) is 14.0 Å². The molecule has 0 aromatic heterocycles. The summed E-state index contributed by atoms with van der Waals surface area (Å²) in [5.74, 6) is 0.841. The number of nitrogens with one attached hydrogen (secondary N) is 1. The molecule has 0 unspecified atom stereocenters. The third kappa shape index (κ3) is 6.99. The van der Waals surface area contributed by atoms with E-state index in [0.717, 1.165) is 21.3 Å². The third-order valence-electron chi connectivity index (χ3n) is 5.18. The molecule has 1 N–H and O–H groups in total. The molecule has 1 atom stereocenters. The van der Waals surface area contributed by atoms with Crippen molar-refractivity contribution >= 4 is 27.7 Å². The minimum Gasteiger partial charge on any atom is -0.497 e. The van der Waals surface area contributed by atoms with E-state index in [2.05, 4.69) is 42.0 Å². The van der Waals surface area contributed by atoms with Gasteiger partial charge >= 0.3 is 0 Å². The Morgan fingerprint density at radius 2 is 1.78 bits per heavy atom. The third-order valence-corrected chi connectivity index (χ3v) is 5.80. The number of ether oxygens (including phenoxy) is 2. The molecular formula is C25H33BrN2O4. The number of methoxy groups -OCH3 is 1. The monoisotopic (exact) mass is 504 g/mol. The minimum atomic E-state index is -0.639. The molecule has 0 aliphatic rings. The first-order valence-corrected chi connectivity index (χ1v) is 11.5. The molecule has 0 heterocycles. The smallest absolute Gasteiger partial charge is 0.261 e. The van der Waals surface area contributed by atoms with Gasteiger partial charge in [-0.25, -0.2) is 0 Å². The van der Waals surface area contributed by atoms with E-state index in [1.165, 1.54) is 4.90 Å². The van der Waals surface area contributed by atoms with Crippen LogP contribution < -0.4 is 14.8 Å². The van der Waals surface area contributed by atoms with Crippen molar-refractivity contribution in [2.24, 2.45) is 0 Å². The molecule has 32 heavy (non-hydrogen) atoms. The van der Waals surface area contributed by atoms with Crippen LogP contribution in [0.2, 0.25) is 0 Å². The predicted molar refractivity (Wildman–Crippen MR) is 130 cm³/mol. The second kappa shape index (κ2) is 11.4. The first-order chi connectivity index (χ1) is 15.1. The van der Waals surface area contributed by atoms with Crippen molar-refractivity contribution in [3.05, 3.63) is 58.1 Å². The largest absolute Gasteiger partial charge is 0.497 e. The highest BCUT2D eigenvalue weighted by Gasteiger charge is 2.26. The molecule has 0 saturated heterocycles. The van der Waals surface area contributed by atoms with Crippen molar-refractivity contribution < 1.29 is 19.1 Å². The molecule has 0 aliphatic heterocycles. The summed E-state index contributed by atoms with van der Waals surface area (Å²) in [4.78, 5) is 27.1. The summed E-state index contributed by atoms with van der Waals surface area (Å²) >= 11 is 3.54. The van der Waals surface area contributed by atoms with E-state index in [-0.39, 0.29) is 30.4 Å². The number of benzene rings is 2. The van der Waals surface area contributed by atoms with Crippen LogP contribution in [0.1, 0.15) is 45.7 Å². The van der Waals surface area contributed by atoms with E-state index in [1.807, 2.05) is 49.4 Å². The second-order valence-electron chi connectivity index (χ2n) is 8.62. The van der Waals surface area contributed by atoms with Crippen LogP contribution in [-0.2, 0) is 21.5 Å². The van der Waals surface area contributed by atoms with Gasteiger partial charge in [-0.2, -0.15) is 0 Å². The number of hydrogen-bond acceptors (Lipinski definition) is 4. The first kappa shape index (κ1) is 25.7. The Morgan fingerprint density at radius 3 is 2.31 bits per heavy atom. The van der Waals surface area contributed by atoms with E-state index in [9.17, 15) is 9.59 Å². The maximum Gasteiger partial charge on any atom is 0.261 e. The molecule has 0 aliphatic carbocycles. The van der Waals surface area contributed by atoms with Crippen molar-refractivity contribution in [1.82, 2.24) is 10.2 Å². The van der Waals surface area contributed by atoms with E-state index in [0.29, 0.717) is 12.3 Å². The van der Waals surface area contributed by atoms with Crippen molar-refractivity contribution in [3.8, 4) is 11.5 Å². The molecule has 2 aromatic carbocycles. The number of carbonyl (C=O) groups excluding carboxylic acids is 2. The number of amides is 2. The number of rotatable bonds is 9. The van der Waals surface area contributed by atoms with Crippen molar-refractivity contribution in [3.63, 3.8) is 0 Å². The fourth-order valence-electron chi connectivity index (χ4n) is 3.14. The molecule has 2 aromatic rings. The minimum absolute atomic E-state index is 0.00804. The highest BCUT2D eigenvalue weighted by atomic mass is 79.9. The highest BCUT2D eigenvalue weighted by Crippen LogP contribution is 2.31. The lowest BCUT2D eigenvalue weighted by atomic mass is 9.87. The van der Waals surface area contributed by atoms with Crippen LogP contribution in [0.5, 0.6) is 11.5 Å². The predicted octanol–water partition coefficient (Wildman–Crippen LogP) is 4.69. The Bertz CT molecular complexity index is 923. The van der Waals surface area contributed by atoms with Crippen LogP contribution >= 0.6 is 15.9 Å². The van der Waals surface area contributed by atoms with Crippen molar-refractivity contribution in [1.29, 1.82) is 0 Å². The van der Waals surface area contributed by atoms with Crippen LogP contribution in [0, 0.1) is 0 Å². The van der Waals surface area contributed by atoms with Gasteiger partial charge in [-0.05, 0) is 70.6 Å². The fraction of sp³-hybridized carbons (Fsp3) is 0.440. The average Bonchev–Trinajstić information content (AvgIpc) is 2.75. The molecule has 0 radical (unpaired) electrons. The summed E-state index contributed by atoms with van der Waals surface area (Å²) in [5.41, 5.74) is 2.06. The quantitative estimate of drug-likeness (QED) is 0.537. The molecular weight excluding hydrogens is 472 g/mol. The molecule has 0 saturated carbocycles. The van der Waals surface area contributed by atoms with Gasteiger partial charge in [-0.1, -0.05) is 39.0 Å². The molecule has 2 amide bonds. The van der Waals surface area contributed by atoms with E-state index >= 15 is 0 Å². The van der Waals surface area contributed by atoms with Crippen molar-refractivity contribution in [2.45, 2.75) is 52.6 Å². The van der Waals surface area contributed by atoms with Gasteiger partial charge in [0.1, 0.15) is 17.5 Å². The Labute approximate surface area is 199 Å². The summed E-state index contributed by atoms with van der Waals surface area (Å²) in [6, 6.07) is 12.7. The zero-order chi connectivity index (χ0) is 23.9. The maximum absolute atomic E-state index is 13.1. The number of likely N-dealkylation sites (N-methyl/N-ethyl adjacent to an activating group) is 1. The second-order valence-corrected chi connectivity index (χ2v) is 9.48. The Balaban J connectivity index is 2.17. The number of halogens is 1. The lowest BCUT2D eigenvalue weighted by Gasteiger charge is -2.29. The van der Waals surface area contributed by atoms with Gasteiger partial charge in [-0.3, -0.25) is 9.59 Å². The molecule has 0 fully saturated rings. The summed E-state index contributed by atoms with van der Waals surface area (Å²) in [6.45, 7) is 10.6. The fourth-order valence-corrected chi connectivity index (χ4v) is 3.63. The molecule has 2 rings (SSSR count). The summed E-state index contributed by atoms with van der Waals surface area (Å²) in [6.07, 6.45) is 0. The summed E-state index contributed by atoms with van der Waals surface area (Å²) in [5, 5.41) is 2.79. The Hall–Kier alpha value is -2.54. The molecule has 7 heteroatoms. The van der Waals surface area contributed by atoms with Gasteiger partial charge in [0, 0.05) is 13.1 Å². The van der Waals surface area contributed by atoms with Gasteiger partial charge < -0.3 is 19.7 Å². The lowest BCUT2D eigenvalue weighted by molar-refractivity contribution is -0.142. The van der Waals surface area contributed by atoms with Gasteiger partial charge in [0.05, 0.1) is 11.6 Å². The van der Waals surface area contributed by atoms with Gasteiger partial charge in [0.2, 0.25) is 5.91 Å². The number of carbonyl (C=O) groups is 2. The van der Waals surface area contributed by atoms with E-state index < -0.39 is 6.04 Å². The molecule has 6 nitrogen and oxygen atoms in total. The topological polar surface area (TPSA) is 67.9 Å². The number of hydrogen-bond donors (Lipinski definition) is 1. The molecule has 174 valence electrons. The van der Waals surface area contributed by atoms with Crippen LogP contribution in [0.3, 0.4) is 0 Å².